The summed E-state index contributed by atoms with van der Waals surface area (Å²) >= 11 is 2.79. The predicted octanol–water partition coefficient (Wildman–Crippen LogP) is 3.76. The molecular formula is C21H15F3N2O5S2. The molecule has 0 fully saturated rings. The summed E-state index contributed by atoms with van der Waals surface area (Å²) in [4.78, 5) is 41.0. The lowest BCUT2D eigenvalue weighted by Gasteiger charge is -2.10. The van der Waals surface area contributed by atoms with E-state index in [0.717, 1.165) is 25.1 Å². The van der Waals surface area contributed by atoms with Gasteiger partial charge in [0.2, 0.25) is 5.78 Å². The van der Waals surface area contributed by atoms with Gasteiger partial charge in [-0.2, -0.15) is 13.2 Å². The van der Waals surface area contributed by atoms with Crippen LogP contribution in [0.1, 0.15) is 25.8 Å². The number of fused-ring (bicyclic) bond motifs is 1. The van der Waals surface area contributed by atoms with Crippen LogP contribution in [0.4, 0.5) is 13.2 Å². The highest BCUT2D eigenvalue weighted by molar-refractivity contribution is 7.15. The Morgan fingerprint density at radius 3 is 2.61 bits per heavy atom. The summed E-state index contributed by atoms with van der Waals surface area (Å²) in [7, 11) is 0. The number of nitrogens with zero attached hydrogens (tertiary/aromatic N) is 1. The molecule has 0 bridgehead atoms. The number of thiazole rings is 1. The molecule has 0 radical (unpaired) electrons. The van der Waals surface area contributed by atoms with Gasteiger partial charge in [0, 0.05) is 28.9 Å². The van der Waals surface area contributed by atoms with Gasteiger partial charge in [-0.1, -0.05) is 0 Å². The molecule has 2 aromatic heterocycles. The van der Waals surface area contributed by atoms with E-state index in [1.807, 2.05) is 6.07 Å². The van der Waals surface area contributed by atoms with Crippen molar-refractivity contribution in [3.8, 4) is 16.3 Å². The number of carbonyl (C=O) groups is 3. The number of hydrogen-bond donors (Lipinski definition) is 1. The maximum Gasteiger partial charge on any atom is 0.491 e. The second kappa shape index (κ2) is 9.41. The standard InChI is InChI=1S/C21H15F3N2O5S2/c22-21(23,24)20(29)31-17(27)9-30-13-3-1-11(2-4-13)19-26-14(10-32-19)18(28)16-7-12-8-25-6-5-15(12)33-16/h1-4,7,10,25H,5-6,8-9H2. The first kappa shape index (κ1) is 23.1. The fraction of sp³-hybridized carbons (Fsp3) is 0.238. The number of carbonyl (C=O) groups excluding carboxylic acids is 3. The highest BCUT2D eigenvalue weighted by atomic mass is 32.1. The molecule has 12 heteroatoms. The van der Waals surface area contributed by atoms with Crippen molar-refractivity contribution in [1.29, 1.82) is 0 Å². The SMILES string of the molecule is O=C(COc1ccc(-c2nc(C(=O)c3cc4c(s3)CCNC4)cs2)cc1)OC(=O)C(F)(F)F. The number of esters is 2. The van der Waals surface area contributed by atoms with E-state index in [2.05, 4.69) is 15.0 Å². The molecule has 1 aliphatic heterocycles. The van der Waals surface area contributed by atoms with Crippen LogP contribution in [-0.2, 0) is 27.3 Å². The van der Waals surface area contributed by atoms with Gasteiger partial charge in [0.15, 0.2) is 6.61 Å². The van der Waals surface area contributed by atoms with E-state index in [1.54, 1.807) is 17.5 Å². The zero-order chi connectivity index (χ0) is 23.6. The molecule has 0 atom stereocenters. The molecule has 4 rings (SSSR count). The number of rotatable bonds is 6. The fourth-order valence-corrected chi connectivity index (χ4v) is 4.96. The molecule has 1 aliphatic rings. The van der Waals surface area contributed by atoms with E-state index in [1.165, 1.54) is 39.7 Å². The van der Waals surface area contributed by atoms with Crippen LogP contribution >= 0.6 is 22.7 Å². The smallest absolute Gasteiger partial charge is 0.482 e. The van der Waals surface area contributed by atoms with Gasteiger partial charge < -0.3 is 14.8 Å². The molecule has 3 heterocycles. The highest BCUT2D eigenvalue weighted by Crippen LogP contribution is 2.30. The zero-order valence-electron chi connectivity index (χ0n) is 16.7. The van der Waals surface area contributed by atoms with Gasteiger partial charge in [0.25, 0.3) is 0 Å². The lowest BCUT2D eigenvalue weighted by Crippen LogP contribution is -2.30. The maximum atomic E-state index is 12.8. The molecule has 0 spiro atoms. The first-order valence-corrected chi connectivity index (χ1v) is 11.3. The minimum atomic E-state index is -5.26. The Kier molecular flexibility index (Phi) is 6.58. The van der Waals surface area contributed by atoms with Crippen LogP contribution in [0.15, 0.2) is 35.7 Å². The van der Waals surface area contributed by atoms with Crippen LogP contribution in [0, 0.1) is 0 Å². The number of aromatic nitrogens is 1. The topological polar surface area (TPSA) is 94.6 Å². The van der Waals surface area contributed by atoms with Gasteiger partial charge in [-0.05, 0) is 42.3 Å². The number of halogens is 3. The first-order chi connectivity index (χ1) is 15.7. The largest absolute Gasteiger partial charge is 0.491 e. The van der Waals surface area contributed by atoms with Gasteiger partial charge in [0.05, 0.1) is 4.88 Å². The van der Waals surface area contributed by atoms with Gasteiger partial charge in [-0.15, -0.1) is 22.7 Å². The van der Waals surface area contributed by atoms with E-state index in [4.69, 9.17) is 4.74 Å². The Labute approximate surface area is 193 Å². The lowest BCUT2D eigenvalue weighted by molar-refractivity contribution is -0.202. The molecule has 0 amide bonds. The Morgan fingerprint density at radius 1 is 1.15 bits per heavy atom. The average Bonchev–Trinajstić information content (AvgIpc) is 3.44. The summed E-state index contributed by atoms with van der Waals surface area (Å²) in [5, 5.41) is 5.57. The highest BCUT2D eigenvalue weighted by Gasteiger charge is 2.42. The number of ketones is 1. The summed E-state index contributed by atoms with van der Waals surface area (Å²) in [6.45, 7) is 0.790. The molecule has 172 valence electrons. The summed E-state index contributed by atoms with van der Waals surface area (Å²) in [5.41, 5.74) is 2.18. The van der Waals surface area contributed by atoms with Crippen LogP contribution in [0.25, 0.3) is 10.6 Å². The van der Waals surface area contributed by atoms with Crippen LogP contribution < -0.4 is 10.1 Å². The van der Waals surface area contributed by atoms with Crippen molar-refractivity contribution in [3.05, 3.63) is 56.7 Å². The minimum Gasteiger partial charge on any atom is -0.482 e. The second-order valence-electron chi connectivity index (χ2n) is 6.93. The van der Waals surface area contributed by atoms with Crippen LogP contribution in [0.2, 0.25) is 0 Å². The van der Waals surface area contributed by atoms with E-state index in [-0.39, 0.29) is 11.5 Å². The van der Waals surface area contributed by atoms with E-state index in [9.17, 15) is 27.6 Å². The summed E-state index contributed by atoms with van der Waals surface area (Å²) in [6, 6.07) is 8.13. The Bertz CT molecular complexity index is 1180. The zero-order valence-corrected chi connectivity index (χ0v) is 18.4. The minimum absolute atomic E-state index is 0.135. The normalized spacial score (nSPS) is 13.3. The third-order valence-electron chi connectivity index (χ3n) is 4.60. The Balaban J connectivity index is 1.37. The molecule has 7 nitrogen and oxygen atoms in total. The molecule has 0 aliphatic carbocycles. The number of hydrogen-bond acceptors (Lipinski definition) is 9. The molecule has 0 unspecified atom stereocenters. The number of thiophene rings is 1. The van der Waals surface area contributed by atoms with Gasteiger partial charge in [-0.3, -0.25) is 4.79 Å². The molecule has 0 saturated carbocycles. The van der Waals surface area contributed by atoms with Gasteiger partial charge in [0.1, 0.15) is 16.5 Å². The quantitative estimate of drug-likeness (QED) is 0.316. The molecule has 3 aromatic rings. The van der Waals surface area contributed by atoms with Crippen molar-refractivity contribution in [3.63, 3.8) is 0 Å². The van der Waals surface area contributed by atoms with E-state index < -0.39 is 24.7 Å². The molecule has 1 N–H and O–H groups in total. The number of benzene rings is 1. The predicted molar refractivity (Wildman–Crippen MR) is 113 cm³/mol. The Hall–Kier alpha value is -3.09. The van der Waals surface area contributed by atoms with E-state index in [0.29, 0.717) is 21.1 Å². The number of nitrogens with one attached hydrogen (secondary N) is 1. The van der Waals surface area contributed by atoms with Crippen LogP contribution in [0.3, 0.4) is 0 Å². The Morgan fingerprint density at radius 2 is 1.91 bits per heavy atom. The second-order valence-corrected chi connectivity index (χ2v) is 8.92. The third kappa shape index (κ3) is 5.46. The number of alkyl halides is 3. The summed E-state index contributed by atoms with van der Waals surface area (Å²) in [6.07, 6.45) is -4.36. The first-order valence-electron chi connectivity index (χ1n) is 9.58. The summed E-state index contributed by atoms with van der Waals surface area (Å²) in [5.74, 6) is -4.01. The summed E-state index contributed by atoms with van der Waals surface area (Å²) < 4.78 is 44.9. The molecule has 0 saturated heterocycles. The third-order valence-corrected chi connectivity index (χ3v) is 6.72. The van der Waals surface area contributed by atoms with Crippen molar-refractivity contribution < 1.29 is 37.0 Å². The van der Waals surface area contributed by atoms with Crippen molar-refractivity contribution in [2.45, 2.75) is 19.1 Å². The van der Waals surface area contributed by atoms with Crippen LogP contribution in [0.5, 0.6) is 5.75 Å². The fourth-order valence-electron chi connectivity index (χ4n) is 3.03. The van der Waals surface area contributed by atoms with Crippen LogP contribution in [-0.4, -0.2) is 42.0 Å². The van der Waals surface area contributed by atoms with Gasteiger partial charge in [-0.25, -0.2) is 14.6 Å². The van der Waals surface area contributed by atoms with Crippen molar-refractivity contribution in [2.24, 2.45) is 0 Å². The van der Waals surface area contributed by atoms with Crippen molar-refractivity contribution >= 4 is 40.4 Å². The monoisotopic (exact) mass is 496 g/mol. The van der Waals surface area contributed by atoms with Crippen molar-refractivity contribution in [1.82, 2.24) is 10.3 Å². The number of ether oxygens (including phenoxy) is 2. The van der Waals surface area contributed by atoms with Crippen molar-refractivity contribution in [2.75, 3.05) is 13.2 Å². The van der Waals surface area contributed by atoms with Gasteiger partial charge >= 0.3 is 18.1 Å². The van der Waals surface area contributed by atoms with E-state index >= 15 is 0 Å². The molecule has 33 heavy (non-hydrogen) atoms. The molecular weight excluding hydrogens is 481 g/mol. The molecule has 1 aromatic carbocycles. The maximum absolute atomic E-state index is 12.8. The average molecular weight is 496 g/mol. The lowest BCUT2D eigenvalue weighted by atomic mass is 10.1.